The predicted molar refractivity (Wildman–Crippen MR) is 31.4 cm³/mol. The van der Waals surface area contributed by atoms with E-state index in [1.54, 1.807) is 0 Å². The molecule has 0 aromatic rings. The van der Waals surface area contributed by atoms with Crippen LogP contribution >= 0.6 is 23.2 Å². The van der Waals surface area contributed by atoms with Crippen LogP contribution in [0.15, 0.2) is 0 Å². The molecule has 80 valence electrons. The van der Waals surface area contributed by atoms with E-state index in [1.807, 2.05) is 0 Å². The number of hydrogen-bond acceptors (Lipinski definition) is 0. The second-order valence-electron chi connectivity index (χ2n) is 2.00. The Bertz CT molecular complexity index is 183. The van der Waals surface area contributed by atoms with Gasteiger partial charge in [-0.05, 0) is 0 Å². The van der Waals surface area contributed by atoms with Gasteiger partial charge in [0.1, 0.15) is 0 Å². The maximum absolute atomic E-state index is 12.1. The maximum Gasteiger partial charge on any atom is 0.427 e. The summed E-state index contributed by atoms with van der Waals surface area (Å²) in [5.41, 5.74) is 0. The SMILES string of the molecule is FC(F)C(F)(F)C(Cl)(Cl)C(F)(F)F. The maximum atomic E-state index is 12.1. The minimum Gasteiger partial charge on any atom is -0.203 e. The van der Waals surface area contributed by atoms with E-state index in [2.05, 4.69) is 23.2 Å². The van der Waals surface area contributed by atoms with E-state index >= 15 is 0 Å². The normalized spacial score (nSPS) is 15.2. The summed E-state index contributed by atoms with van der Waals surface area (Å²) in [6.45, 7) is 0. The van der Waals surface area contributed by atoms with Crippen molar-refractivity contribution in [1.29, 1.82) is 0 Å². The Hall–Kier alpha value is 0.0900. The highest BCUT2D eigenvalue weighted by atomic mass is 35.5. The number of halogens is 9. The topological polar surface area (TPSA) is 0 Å². The summed E-state index contributed by atoms with van der Waals surface area (Å²) in [6, 6.07) is 0. The molecule has 0 rings (SSSR count). The first-order valence-electron chi connectivity index (χ1n) is 2.55. The zero-order valence-corrected chi connectivity index (χ0v) is 6.99. The molecule has 0 N–H and O–H groups in total. The molecule has 0 aliphatic carbocycles. The van der Waals surface area contributed by atoms with Gasteiger partial charge in [0.05, 0.1) is 0 Å². The van der Waals surface area contributed by atoms with Crippen molar-refractivity contribution >= 4 is 23.2 Å². The van der Waals surface area contributed by atoms with Crippen molar-refractivity contribution in [3.63, 3.8) is 0 Å². The summed E-state index contributed by atoms with van der Waals surface area (Å²) in [7, 11) is 0. The van der Waals surface area contributed by atoms with Crippen LogP contribution in [0.5, 0.6) is 0 Å². The molecule has 0 aliphatic rings. The van der Waals surface area contributed by atoms with E-state index in [-0.39, 0.29) is 0 Å². The van der Waals surface area contributed by atoms with Gasteiger partial charge < -0.3 is 0 Å². The molecule has 0 atom stereocenters. The van der Waals surface area contributed by atoms with Gasteiger partial charge in [0.2, 0.25) is 0 Å². The lowest BCUT2D eigenvalue weighted by atomic mass is 10.2. The van der Waals surface area contributed by atoms with Crippen LogP contribution in [-0.4, -0.2) is 22.9 Å². The summed E-state index contributed by atoms with van der Waals surface area (Å²) in [6.07, 6.45) is -10.4. The van der Waals surface area contributed by atoms with Crippen LogP contribution in [0.4, 0.5) is 30.7 Å². The van der Waals surface area contributed by atoms with Crippen LogP contribution in [0.2, 0.25) is 0 Å². The third kappa shape index (κ3) is 2.12. The van der Waals surface area contributed by atoms with Crippen LogP contribution < -0.4 is 0 Å². The molecule has 0 nitrogen and oxygen atoms in total. The fourth-order valence-electron chi connectivity index (χ4n) is 0.326. The second-order valence-corrected chi connectivity index (χ2v) is 3.32. The van der Waals surface area contributed by atoms with Crippen LogP contribution in [0, 0.1) is 0 Å². The quantitative estimate of drug-likeness (QED) is 0.520. The molecular formula is C4HCl2F7. The lowest BCUT2D eigenvalue weighted by Crippen LogP contribution is -2.53. The van der Waals surface area contributed by atoms with Crippen molar-refractivity contribution in [2.75, 3.05) is 0 Å². The Morgan fingerprint density at radius 3 is 1.23 bits per heavy atom. The molecule has 0 amide bonds. The molecular weight excluding hydrogens is 252 g/mol. The first-order chi connectivity index (χ1) is 5.44. The molecule has 0 saturated carbocycles. The van der Waals surface area contributed by atoms with E-state index in [9.17, 15) is 30.7 Å². The number of hydrogen-bond donors (Lipinski definition) is 0. The molecule has 0 aromatic carbocycles. The zero-order chi connectivity index (χ0) is 11.1. The van der Waals surface area contributed by atoms with E-state index in [4.69, 9.17) is 0 Å². The Labute approximate surface area is 77.6 Å². The van der Waals surface area contributed by atoms with E-state index in [0.717, 1.165) is 0 Å². The number of rotatable bonds is 2. The van der Waals surface area contributed by atoms with Gasteiger partial charge in [-0.15, -0.1) is 0 Å². The van der Waals surface area contributed by atoms with Crippen LogP contribution in [0.1, 0.15) is 0 Å². The minimum absolute atomic E-state index is 4.11. The lowest BCUT2D eigenvalue weighted by Gasteiger charge is -2.30. The molecule has 0 fully saturated rings. The lowest BCUT2D eigenvalue weighted by molar-refractivity contribution is -0.231. The minimum atomic E-state index is -5.84. The molecule has 0 spiro atoms. The van der Waals surface area contributed by atoms with Crippen molar-refractivity contribution in [3.05, 3.63) is 0 Å². The van der Waals surface area contributed by atoms with Gasteiger partial charge in [-0.2, -0.15) is 22.0 Å². The average Bonchev–Trinajstić information content (AvgIpc) is 1.84. The van der Waals surface area contributed by atoms with Gasteiger partial charge in [0.25, 0.3) is 4.33 Å². The average molecular weight is 253 g/mol. The van der Waals surface area contributed by atoms with E-state index in [1.165, 1.54) is 0 Å². The molecule has 0 bridgehead atoms. The molecule has 13 heavy (non-hydrogen) atoms. The van der Waals surface area contributed by atoms with E-state index < -0.39 is 22.9 Å². The Kier molecular flexibility index (Phi) is 3.37. The summed E-state index contributed by atoms with van der Waals surface area (Å²) in [5, 5.41) is 0. The largest absolute Gasteiger partial charge is 0.427 e. The van der Waals surface area contributed by atoms with Gasteiger partial charge in [-0.3, -0.25) is 0 Å². The van der Waals surface area contributed by atoms with E-state index in [0.29, 0.717) is 0 Å². The Balaban J connectivity index is 5.04. The highest BCUT2D eigenvalue weighted by Crippen LogP contribution is 2.52. The first kappa shape index (κ1) is 13.1. The molecule has 9 heteroatoms. The molecule has 0 radical (unpaired) electrons. The fraction of sp³-hybridized carbons (Fsp3) is 1.00. The van der Waals surface area contributed by atoms with Crippen molar-refractivity contribution in [2.45, 2.75) is 22.9 Å². The molecule has 0 aromatic heterocycles. The highest BCUT2D eigenvalue weighted by molar-refractivity contribution is 6.49. The van der Waals surface area contributed by atoms with Gasteiger partial charge >= 0.3 is 18.5 Å². The van der Waals surface area contributed by atoms with Crippen LogP contribution in [-0.2, 0) is 0 Å². The summed E-state index contributed by atoms with van der Waals surface area (Å²) < 4.78 is 77.1. The first-order valence-corrected chi connectivity index (χ1v) is 3.30. The molecule has 0 heterocycles. The van der Waals surface area contributed by atoms with Gasteiger partial charge in [0.15, 0.2) is 0 Å². The standard InChI is InChI=1S/C4HCl2F7/c5-3(6,4(11,12)13)2(9,10)1(7)8/h1H. The van der Waals surface area contributed by atoms with Crippen molar-refractivity contribution in [1.82, 2.24) is 0 Å². The van der Waals surface area contributed by atoms with Crippen LogP contribution in [0.3, 0.4) is 0 Å². The second kappa shape index (κ2) is 3.34. The van der Waals surface area contributed by atoms with Crippen LogP contribution in [0.25, 0.3) is 0 Å². The highest BCUT2D eigenvalue weighted by Gasteiger charge is 2.72. The Morgan fingerprint density at radius 2 is 1.15 bits per heavy atom. The zero-order valence-electron chi connectivity index (χ0n) is 5.48. The smallest absolute Gasteiger partial charge is 0.203 e. The predicted octanol–water partition coefficient (Wildman–Crippen LogP) is 3.62. The molecule has 0 unspecified atom stereocenters. The summed E-state index contributed by atoms with van der Waals surface area (Å²) >= 11 is 8.22. The summed E-state index contributed by atoms with van der Waals surface area (Å²) in [5.74, 6) is -5.55. The van der Waals surface area contributed by atoms with Crippen molar-refractivity contribution in [2.24, 2.45) is 0 Å². The van der Waals surface area contributed by atoms with Crippen molar-refractivity contribution in [3.8, 4) is 0 Å². The van der Waals surface area contributed by atoms with Gasteiger partial charge in [-0.1, -0.05) is 23.2 Å². The third-order valence-electron chi connectivity index (χ3n) is 1.05. The monoisotopic (exact) mass is 252 g/mol. The Morgan fingerprint density at radius 1 is 0.846 bits per heavy atom. The van der Waals surface area contributed by atoms with Gasteiger partial charge in [-0.25, -0.2) is 8.78 Å². The van der Waals surface area contributed by atoms with Gasteiger partial charge in [0, 0.05) is 0 Å². The molecule has 0 saturated heterocycles. The fourth-order valence-corrected chi connectivity index (χ4v) is 0.491. The third-order valence-corrected chi connectivity index (χ3v) is 1.98. The molecule has 0 aliphatic heterocycles. The van der Waals surface area contributed by atoms with Crippen molar-refractivity contribution < 1.29 is 30.7 Å². The summed E-state index contributed by atoms with van der Waals surface area (Å²) in [4.78, 5) is 0. The number of alkyl halides is 9.